The van der Waals surface area contributed by atoms with Crippen molar-refractivity contribution >= 4 is 12.0 Å². The fourth-order valence-electron chi connectivity index (χ4n) is 4.09. The molecule has 0 fully saturated rings. The van der Waals surface area contributed by atoms with Crippen LogP contribution in [0.25, 0.3) is 6.08 Å². The first-order valence-electron chi connectivity index (χ1n) is 9.32. The maximum atomic E-state index is 14.7. The highest BCUT2D eigenvalue weighted by Gasteiger charge is 2.34. The zero-order valence-electron chi connectivity index (χ0n) is 15.1. The molecule has 1 unspecified atom stereocenters. The summed E-state index contributed by atoms with van der Waals surface area (Å²) in [6.45, 7) is 0. The van der Waals surface area contributed by atoms with Gasteiger partial charge in [-0.2, -0.15) is 10.1 Å². The van der Waals surface area contributed by atoms with Crippen LogP contribution < -0.4 is 5.32 Å². The highest BCUT2D eigenvalue weighted by Crippen LogP contribution is 2.44. The van der Waals surface area contributed by atoms with Gasteiger partial charge in [-0.3, -0.25) is 0 Å². The Labute approximate surface area is 161 Å². The van der Waals surface area contributed by atoms with Crippen LogP contribution in [0.4, 0.5) is 14.7 Å². The molecule has 1 aliphatic carbocycles. The molecular formula is C22H18F2N4. The first-order chi connectivity index (χ1) is 13.7. The molecule has 2 heterocycles. The Bertz CT molecular complexity index is 1110. The summed E-state index contributed by atoms with van der Waals surface area (Å²) in [7, 11) is 0. The number of fused-ring (bicyclic) bond motifs is 1. The smallest absolute Gasteiger partial charge is 0.226 e. The van der Waals surface area contributed by atoms with E-state index in [1.54, 1.807) is 28.9 Å². The highest BCUT2D eigenvalue weighted by molar-refractivity contribution is 5.65. The summed E-state index contributed by atoms with van der Waals surface area (Å²) in [4.78, 5) is 4.30. The molecule has 2 aliphatic rings. The van der Waals surface area contributed by atoms with E-state index in [1.165, 1.54) is 18.5 Å². The predicted octanol–water partition coefficient (Wildman–Crippen LogP) is 5.09. The standard InChI is InChI=1S/C22H18F2N4/c23-18-10-3-1-6-14(18)12-15-7-5-9-17-20(15)27-22-25-13-26-28(22)21(17)16-8-2-4-11-19(16)24/h1-4,6,8,10-13,21H,5,7,9H2,(H,25,26,27). The van der Waals surface area contributed by atoms with E-state index in [1.807, 2.05) is 18.2 Å². The third-order valence-electron chi connectivity index (χ3n) is 5.35. The highest BCUT2D eigenvalue weighted by atomic mass is 19.1. The summed E-state index contributed by atoms with van der Waals surface area (Å²) in [5, 5.41) is 7.68. The summed E-state index contributed by atoms with van der Waals surface area (Å²) >= 11 is 0. The monoisotopic (exact) mass is 376 g/mol. The molecule has 0 radical (unpaired) electrons. The van der Waals surface area contributed by atoms with Crippen LogP contribution in [0.2, 0.25) is 0 Å². The van der Waals surface area contributed by atoms with Gasteiger partial charge in [-0.1, -0.05) is 36.4 Å². The van der Waals surface area contributed by atoms with Gasteiger partial charge >= 0.3 is 0 Å². The molecule has 3 aromatic rings. The van der Waals surface area contributed by atoms with Gasteiger partial charge < -0.3 is 5.32 Å². The quantitative estimate of drug-likeness (QED) is 0.677. The van der Waals surface area contributed by atoms with Crippen LogP contribution in [0.15, 0.2) is 71.7 Å². The first kappa shape index (κ1) is 16.9. The largest absolute Gasteiger partial charge is 0.324 e. The van der Waals surface area contributed by atoms with E-state index in [0.29, 0.717) is 17.1 Å². The van der Waals surface area contributed by atoms with Gasteiger partial charge in [0.15, 0.2) is 0 Å². The zero-order chi connectivity index (χ0) is 19.1. The molecular weight excluding hydrogens is 358 g/mol. The van der Waals surface area contributed by atoms with Crippen LogP contribution in [0.5, 0.6) is 0 Å². The van der Waals surface area contributed by atoms with Gasteiger partial charge in [-0.05, 0) is 48.6 Å². The van der Waals surface area contributed by atoms with Gasteiger partial charge in [0.25, 0.3) is 0 Å². The minimum absolute atomic E-state index is 0.257. The van der Waals surface area contributed by atoms with Crippen LogP contribution in [-0.2, 0) is 0 Å². The molecule has 28 heavy (non-hydrogen) atoms. The number of nitrogens with zero attached hydrogens (tertiary/aromatic N) is 3. The molecule has 0 spiro atoms. The van der Waals surface area contributed by atoms with Gasteiger partial charge in [0, 0.05) is 16.8 Å². The SMILES string of the molecule is Fc1ccccc1C=C1CCCC2=C1Nc1ncnn1C2c1ccccc1F. The Kier molecular flexibility index (Phi) is 4.04. The second kappa shape index (κ2) is 6.71. The molecule has 0 bridgehead atoms. The Morgan fingerprint density at radius 1 is 1.00 bits per heavy atom. The normalized spacial score (nSPS) is 19.9. The van der Waals surface area contributed by atoms with Gasteiger partial charge in [-0.25, -0.2) is 13.5 Å². The molecule has 0 saturated heterocycles. The Morgan fingerprint density at radius 3 is 2.61 bits per heavy atom. The van der Waals surface area contributed by atoms with Crippen LogP contribution in [0, 0.1) is 11.6 Å². The predicted molar refractivity (Wildman–Crippen MR) is 103 cm³/mol. The van der Waals surface area contributed by atoms with E-state index in [-0.39, 0.29) is 17.7 Å². The average Bonchev–Trinajstić information content (AvgIpc) is 3.17. The number of aromatic nitrogens is 3. The molecule has 1 N–H and O–H groups in total. The van der Waals surface area contributed by atoms with E-state index < -0.39 is 0 Å². The van der Waals surface area contributed by atoms with Crippen molar-refractivity contribution in [1.29, 1.82) is 0 Å². The van der Waals surface area contributed by atoms with E-state index >= 15 is 0 Å². The van der Waals surface area contributed by atoms with E-state index in [4.69, 9.17) is 0 Å². The first-order valence-corrected chi connectivity index (χ1v) is 9.32. The van der Waals surface area contributed by atoms with E-state index in [9.17, 15) is 8.78 Å². The van der Waals surface area contributed by atoms with E-state index in [2.05, 4.69) is 15.4 Å². The Morgan fingerprint density at radius 2 is 1.79 bits per heavy atom. The van der Waals surface area contributed by atoms with Crippen molar-refractivity contribution in [3.63, 3.8) is 0 Å². The van der Waals surface area contributed by atoms with Crippen LogP contribution >= 0.6 is 0 Å². The number of allylic oxidation sites excluding steroid dienone is 2. The molecule has 6 heteroatoms. The molecule has 2 aromatic carbocycles. The lowest BCUT2D eigenvalue weighted by Gasteiger charge is -2.34. The second-order valence-corrected chi connectivity index (χ2v) is 7.02. The average molecular weight is 376 g/mol. The molecule has 1 aromatic heterocycles. The van der Waals surface area contributed by atoms with Gasteiger partial charge in [0.1, 0.15) is 24.0 Å². The van der Waals surface area contributed by atoms with Gasteiger partial charge in [0.05, 0.1) is 0 Å². The van der Waals surface area contributed by atoms with Crippen molar-refractivity contribution in [2.75, 3.05) is 5.32 Å². The second-order valence-electron chi connectivity index (χ2n) is 7.02. The van der Waals surface area contributed by atoms with Crippen molar-refractivity contribution in [2.45, 2.75) is 25.3 Å². The van der Waals surface area contributed by atoms with E-state index in [0.717, 1.165) is 36.1 Å². The number of nitrogens with one attached hydrogen (secondary N) is 1. The maximum Gasteiger partial charge on any atom is 0.226 e. The third-order valence-corrected chi connectivity index (χ3v) is 5.35. The molecule has 1 aliphatic heterocycles. The maximum absolute atomic E-state index is 14.7. The zero-order valence-corrected chi connectivity index (χ0v) is 15.1. The molecule has 4 nitrogen and oxygen atoms in total. The topological polar surface area (TPSA) is 42.7 Å². The lowest BCUT2D eigenvalue weighted by atomic mass is 9.83. The van der Waals surface area contributed by atoms with Crippen LogP contribution in [-0.4, -0.2) is 14.8 Å². The number of hydrogen-bond acceptors (Lipinski definition) is 3. The summed E-state index contributed by atoms with van der Waals surface area (Å²) in [6.07, 6.45) is 5.89. The number of halogens is 2. The number of hydrogen-bond donors (Lipinski definition) is 1. The summed E-state index contributed by atoms with van der Waals surface area (Å²) in [5.74, 6) is 0.0357. The van der Waals surface area contributed by atoms with Crippen molar-refractivity contribution in [2.24, 2.45) is 0 Å². The van der Waals surface area contributed by atoms with Crippen LogP contribution in [0.1, 0.15) is 36.4 Å². The lowest BCUT2D eigenvalue weighted by molar-refractivity contribution is 0.507. The summed E-state index contributed by atoms with van der Waals surface area (Å²) in [5.41, 5.74) is 4.07. The van der Waals surface area contributed by atoms with Crippen molar-refractivity contribution in [1.82, 2.24) is 14.8 Å². The van der Waals surface area contributed by atoms with Crippen LogP contribution in [0.3, 0.4) is 0 Å². The minimum Gasteiger partial charge on any atom is -0.324 e. The Balaban J connectivity index is 1.68. The number of rotatable bonds is 2. The summed E-state index contributed by atoms with van der Waals surface area (Å²) < 4.78 is 30.6. The van der Waals surface area contributed by atoms with Crippen molar-refractivity contribution in [3.8, 4) is 0 Å². The third kappa shape index (κ3) is 2.72. The number of benzene rings is 2. The van der Waals surface area contributed by atoms with Gasteiger partial charge in [0.2, 0.25) is 5.95 Å². The van der Waals surface area contributed by atoms with Gasteiger partial charge in [-0.15, -0.1) is 0 Å². The molecule has 1 atom stereocenters. The molecule has 140 valence electrons. The lowest BCUT2D eigenvalue weighted by Crippen LogP contribution is -2.28. The number of anilines is 1. The Hall–Kier alpha value is -3.28. The molecule has 0 saturated carbocycles. The molecule has 0 amide bonds. The van der Waals surface area contributed by atoms with Crippen molar-refractivity contribution < 1.29 is 8.78 Å². The minimum atomic E-state index is -0.362. The summed E-state index contributed by atoms with van der Waals surface area (Å²) in [6, 6.07) is 13.1. The molecule has 5 rings (SSSR count). The fourth-order valence-corrected chi connectivity index (χ4v) is 4.09. The van der Waals surface area contributed by atoms with Crippen molar-refractivity contribution in [3.05, 3.63) is 94.5 Å². The fraction of sp³-hybridized carbons (Fsp3) is 0.182.